The quantitative estimate of drug-likeness (QED) is 0.630. The Balaban J connectivity index is 3.95. The van der Waals surface area contributed by atoms with Crippen LogP contribution in [-0.2, 0) is 24.5 Å². The van der Waals surface area contributed by atoms with Crippen molar-refractivity contribution in [2.24, 2.45) is 0 Å². The molecule has 0 unspecified atom stereocenters. The van der Waals surface area contributed by atoms with Gasteiger partial charge in [-0.1, -0.05) is 6.92 Å². The first-order valence-electron chi connectivity index (χ1n) is 4.56. The fourth-order valence-corrected chi connectivity index (χ4v) is 2.60. The van der Waals surface area contributed by atoms with Gasteiger partial charge in [0.25, 0.3) is 0 Å². The Bertz CT molecular complexity index is 404. The third-order valence-electron chi connectivity index (χ3n) is 1.77. The van der Waals surface area contributed by atoms with Crippen molar-refractivity contribution < 1.29 is 21.6 Å². The van der Waals surface area contributed by atoms with Gasteiger partial charge in [-0.3, -0.25) is 4.79 Å². The maximum absolute atomic E-state index is 11.1. The van der Waals surface area contributed by atoms with Crippen molar-refractivity contribution in [3.05, 3.63) is 0 Å². The molecule has 0 bridgehead atoms. The van der Waals surface area contributed by atoms with E-state index >= 15 is 0 Å². The standard InChI is InChI=1S/C8H16O5S2/c1-3-15(12,13)6-4-5-8(9)7-14(2,10)11/h3-7H2,1-2H3. The van der Waals surface area contributed by atoms with Crippen molar-refractivity contribution in [1.82, 2.24) is 0 Å². The molecule has 7 heteroatoms. The summed E-state index contributed by atoms with van der Waals surface area (Å²) in [5.41, 5.74) is 0. The van der Waals surface area contributed by atoms with Gasteiger partial charge in [-0.25, -0.2) is 16.8 Å². The average Bonchev–Trinajstić information content (AvgIpc) is 2.00. The van der Waals surface area contributed by atoms with Gasteiger partial charge in [-0.2, -0.15) is 0 Å². The molecular formula is C8H16O5S2. The van der Waals surface area contributed by atoms with Crippen LogP contribution in [0.4, 0.5) is 0 Å². The first-order valence-corrected chi connectivity index (χ1v) is 8.44. The minimum absolute atomic E-state index is 0.00625. The van der Waals surface area contributed by atoms with Crippen molar-refractivity contribution in [1.29, 1.82) is 0 Å². The minimum Gasteiger partial charge on any atom is -0.299 e. The lowest BCUT2D eigenvalue weighted by Crippen LogP contribution is -2.16. The molecule has 0 aliphatic rings. The first kappa shape index (κ1) is 14.6. The van der Waals surface area contributed by atoms with E-state index in [1.807, 2.05) is 0 Å². The Labute approximate surface area is 90.7 Å². The van der Waals surface area contributed by atoms with E-state index in [4.69, 9.17) is 0 Å². The fourth-order valence-electron chi connectivity index (χ4n) is 0.998. The lowest BCUT2D eigenvalue weighted by atomic mass is 10.2. The summed E-state index contributed by atoms with van der Waals surface area (Å²) in [6.45, 7) is 1.54. The largest absolute Gasteiger partial charge is 0.299 e. The predicted molar refractivity (Wildman–Crippen MR) is 58.3 cm³/mol. The maximum atomic E-state index is 11.1. The predicted octanol–water partition coefficient (Wildman–Crippen LogP) is -0.185. The van der Waals surface area contributed by atoms with Gasteiger partial charge in [0.1, 0.15) is 21.4 Å². The van der Waals surface area contributed by atoms with Gasteiger partial charge in [-0.15, -0.1) is 0 Å². The minimum atomic E-state index is -3.29. The highest BCUT2D eigenvalue weighted by molar-refractivity contribution is 7.91. The molecule has 5 nitrogen and oxygen atoms in total. The summed E-state index contributed by atoms with van der Waals surface area (Å²) in [6, 6.07) is 0. The molecule has 0 aliphatic heterocycles. The van der Waals surface area contributed by atoms with E-state index in [1.165, 1.54) is 6.92 Å². The van der Waals surface area contributed by atoms with Crippen molar-refractivity contribution in [3.63, 3.8) is 0 Å². The zero-order valence-corrected chi connectivity index (χ0v) is 10.5. The molecule has 0 amide bonds. The number of rotatable bonds is 7. The highest BCUT2D eigenvalue weighted by Gasteiger charge is 2.13. The van der Waals surface area contributed by atoms with Crippen LogP contribution in [0.5, 0.6) is 0 Å². The van der Waals surface area contributed by atoms with Crippen molar-refractivity contribution in [3.8, 4) is 0 Å². The number of hydrogen-bond acceptors (Lipinski definition) is 5. The Kier molecular flexibility index (Phi) is 5.44. The van der Waals surface area contributed by atoms with E-state index in [9.17, 15) is 21.6 Å². The number of ketones is 1. The molecule has 0 N–H and O–H groups in total. The Morgan fingerprint density at radius 3 is 2.07 bits per heavy atom. The topological polar surface area (TPSA) is 85.3 Å². The molecule has 0 rings (SSSR count). The molecule has 15 heavy (non-hydrogen) atoms. The Morgan fingerprint density at radius 2 is 1.67 bits per heavy atom. The van der Waals surface area contributed by atoms with Crippen LogP contribution in [0.2, 0.25) is 0 Å². The van der Waals surface area contributed by atoms with Crippen LogP contribution >= 0.6 is 0 Å². The van der Waals surface area contributed by atoms with E-state index in [0.29, 0.717) is 0 Å². The molecule has 0 heterocycles. The lowest BCUT2D eigenvalue weighted by Gasteiger charge is -2.00. The molecule has 0 aliphatic carbocycles. The third-order valence-corrected chi connectivity index (χ3v) is 4.41. The molecule has 0 spiro atoms. The number of carbonyl (C=O) groups excluding carboxylic acids is 1. The van der Waals surface area contributed by atoms with E-state index in [2.05, 4.69) is 0 Å². The van der Waals surface area contributed by atoms with Gasteiger partial charge in [0.05, 0.1) is 5.75 Å². The lowest BCUT2D eigenvalue weighted by molar-refractivity contribution is -0.116. The van der Waals surface area contributed by atoms with Crippen molar-refractivity contribution in [2.45, 2.75) is 19.8 Å². The molecule has 0 aromatic carbocycles. The van der Waals surface area contributed by atoms with E-state index in [1.54, 1.807) is 0 Å². The second-order valence-corrected chi connectivity index (χ2v) is 8.06. The van der Waals surface area contributed by atoms with Crippen LogP contribution in [0.1, 0.15) is 19.8 Å². The zero-order valence-electron chi connectivity index (χ0n) is 8.89. The molecule has 0 saturated heterocycles. The van der Waals surface area contributed by atoms with Crippen LogP contribution < -0.4 is 0 Å². The van der Waals surface area contributed by atoms with Crippen LogP contribution in [-0.4, -0.2) is 46.1 Å². The number of hydrogen-bond donors (Lipinski definition) is 0. The second kappa shape index (κ2) is 5.60. The van der Waals surface area contributed by atoms with Gasteiger partial charge in [-0.05, 0) is 6.42 Å². The summed E-state index contributed by atoms with van der Waals surface area (Å²) in [5, 5.41) is 0. The van der Waals surface area contributed by atoms with Crippen LogP contribution in [0.25, 0.3) is 0 Å². The highest BCUT2D eigenvalue weighted by Crippen LogP contribution is 1.99. The SMILES string of the molecule is CCS(=O)(=O)CCCC(=O)CS(C)(=O)=O. The second-order valence-electron chi connectivity index (χ2n) is 3.45. The van der Waals surface area contributed by atoms with Crippen LogP contribution in [0, 0.1) is 0 Å². The molecular weight excluding hydrogens is 240 g/mol. The summed E-state index contributed by atoms with van der Waals surface area (Å²) in [4.78, 5) is 11.1. The van der Waals surface area contributed by atoms with Crippen molar-refractivity contribution in [2.75, 3.05) is 23.5 Å². The average molecular weight is 256 g/mol. The summed E-state index contributed by atoms with van der Waals surface area (Å²) in [6.07, 6.45) is 1.19. The molecule has 90 valence electrons. The number of carbonyl (C=O) groups is 1. The van der Waals surface area contributed by atoms with Crippen LogP contribution in [0.15, 0.2) is 0 Å². The monoisotopic (exact) mass is 256 g/mol. The molecule has 0 aromatic heterocycles. The van der Waals surface area contributed by atoms with Gasteiger partial charge >= 0.3 is 0 Å². The van der Waals surface area contributed by atoms with Gasteiger partial charge < -0.3 is 0 Å². The van der Waals surface area contributed by atoms with E-state index in [0.717, 1.165) is 6.26 Å². The molecule has 0 aromatic rings. The van der Waals surface area contributed by atoms with Gasteiger partial charge in [0, 0.05) is 18.4 Å². The van der Waals surface area contributed by atoms with E-state index in [-0.39, 0.29) is 24.3 Å². The summed E-state index contributed by atoms with van der Waals surface area (Å²) in [7, 11) is -6.35. The van der Waals surface area contributed by atoms with E-state index < -0.39 is 31.2 Å². The molecule has 0 atom stereocenters. The summed E-state index contributed by atoms with van der Waals surface area (Å²) < 4.78 is 43.5. The van der Waals surface area contributed by atoms with Crippen LogP contribution in [0.3, 0.4) is 0 Å². The van der Waals surface area contributed by atoms with Gasteiger partial charge in [0.2, 0.25) is 0 Å². The Morgan fingerprint density at radius 1 is 1.13 bits per heavy atom. The summed E-state index contributed by atoms with van der Waals surface area (Å²) in [5.74, 6) is -0.936. The maximum Gasteiger partial charge on any atom is 0.154 e. The van der Waals surface area contributed by atoms with Gasteiger partial charge in [0.15, 0.2) is 9.84 Å². The first-order chi connectivity index (χ1) is 6.66. The highest BCUT2D eigenvalue weighted by atomic mass is 32.2. The summed E-state index contributed by atoms with van der Waals surface area (Å²) >= 11 is 0. The number of Topliss-reactive ketones (excluding diaryl/α,β-unsaturated/α-hetero) is 1. The zero-order chi connectivity index (χ0) is 12.1. The number of sulfone groups is 2. The molecule has 0 fully saturated rings. The smallest absolute Gasteiger partial charge is 0.154 e. The molecule has 0 radical (unpaired) electrons. The third kappa shape index (κ3) is 8.56. The van der Waals surface area contributed by atoms with Crippen molar-refractivity contribution >= 4 is 25.5 Å². The normalized spacial score (nSPS) is 12.7. The fraction of sp³-hybridized carbons (Fsp3) is 0.875. The molecule has 0 saturated carbocycles. The Hall–Kier alpha value is -0.430.